The SMILES string of the molecule is OC[C@H](OCc1ccccc1)[C@H](Nc1ccccc1)c1ccc(Cl)cc1. The molecule has 0 heterocycles. The van der Waals surface area contributed by atoms with Crippen molar-refractivity contribution >= 4 is 17.3 Å². The van der Waals surface area contributed by atoms with Gasteiger partial charge in [0.15, 0.2) is 0 Å². The lowest BCUT2D eigenvalue weighted by molar-refractivity contribution is -0.00891. The maximum Gasteiger partial charge on any atom is 0.105 e. The number of benzene rings is 3. The van der Waals surface area contributed by atoms with E-state index in [9.17, 15) is 5.11 Å². The third kappa shape index (κ3) is 5.09. The molecule has 3 nitrogen and oxygen atoms in total. The standard InChI is InChI=1S/C22H22ClNO2/c23-19-13-11-18(12-14-19)22(24-20-9-5-2-6-10-20)21(15-25)26-16-17-7-3-1-4-8-17/h1-14,21-22,24-25H,15-16H2/t21-,22+/m0/s1. The van der Waals surface area contributed by atoms with Gasteiger partial charge in [0.05, 0.1) is 19.3 Å². The molecule has 0 saturated carbocycles. The number of para-hydroxylation sites is 1. The van der Waals surface area contributed by atoms with Crippen molar-refractivity contribution in [3.63, 3.8) is 0 Å². The highest BCUT2D eigenvalue weighted by molar-refractivity contribution is 6.30. The number of anilines is 1. The third-order valence-electron chi connectivity index (χ3n) is 4.18. The highest BCUT2D eigenvalue weighted by Crippen LogP contribution is 2.26. The van der Waals surface area contributed by atoms with Gasteiger partial charge in [-0.1, -0.05) is 72.3 Å². The molecule has 0 aromatic heterocycles. The summed E-state index contributed by atoms with van der Waals surface area (Å²) in [4.78, 5) is 0. The molecule has 2 atom stereocenters. The molecule has 0 radical (unpaired) electrons. The first kappa shape index (κ1) is 18.5. The van der Waals surface area contributed by atoms with Crippen molar-refractivity contribution in [2.24, 2.45) is 0 Å². The Labute approximate surface area is 159 Å². The lowest BCUT2D eigenvalue weighted by atomic mass is 10.0. The van der Waals surface area contributed by atoms with Crippen molar-refractivity contribution in [1.82, 2.24) is 0 Å². The minimum Gasteiger partial charge on any atom is -0.394 e. The average molecular weight is 368 g/mol. The van der Waals surface area contributed by atoms with Crippen LogP contribution in [0.25, 0.3) is 0 Å². The Morgan fingerprint density at radius 2 is 1.46 bits per heavy atom. The highest BCUT2D eigenvalue weighted by atomic mass is 35.5. The Kier molecular flexibility index (Phi) is 6.67. The molecule has 0 aliphatic carbocycles. The first-order chi connectivity index (χ1) is 12.8. The van der Waals surface area contributed by atoms with Gasteiger partial charge in [0.2, 0.25) is 0 Å². The zero-order valence-electron chi connectivity index (χ0n) is 14.4. The lowest BCUT2D eigenvalue weighted by Crippen LogP contribution is -2.31. The number of halogens is 1. The largest absolute Gasteiger partial charge is 0.394 e. The normalized spacial score (nSPS) is 13.2. The summed E-state index contributed by atoms with van der Waals surface area (Å²) in [6.45, 7) is 0.340. The fraction of sp³-hybridized carbons (Fsp3) is 0.182. The molecule has 3 aromatic carbocycles. The number of nitrogens with one attached hydrogen (secondary N) is 1. The van der Waals surface area contributed by atoms with Crippen LogP contribution >= 0.6 is 11.6 Å². The highest BCUT2D eigenvalue weighted by Gasteiger charge is 2.23. The van der Waals surface area contributed by atoms with Crippen LogP contribution in [-0.2, 0) is 11.3 Å². The van der Waals surface area contributed by atoms with E-state index in [4.69, 9.17) is 16.3 Å². The molecular formula is C22H22ClNO2. The molecule has 0 aliphatic rings. The molecule has 134 valence electrons. The summed E-state index contributed by atoms with van der Waals surface area (Å²) in [5.74, 6) is 0. The molecule has 0 fully saturated rings. The molecule has 0 amide bonds. The van der Waals surface area contributed by atoms with Gasteiger partial charge in [-0.05, 0) is 35.4 Å². The minimum absolute atomic E-state index is 0.0973. The van der Waals surface area contributed by atoms with Gasteiger partial charge in [-0.3, -0.25) is 0 Å². The Bertz CT molecular complexity index is 778. The summed E-state index contributed by atoms with van der Waals surface area (Å²) in [7, 11) is 0. The van der Waals surface area contributed by atoms with Crippen molar-refractivity contribution in [1.29, 1.82) is 0 Å². The molecule has 3 aromatic rings. The summed E-state index contributed by atoms with van der Waals surface area (Å²) < 4.78 is 6.05. The van der Waals surface area contributed by atoms with Gasteiger partial charge in [-0.2, -0.15) is 0 Å². The first-order valence-corrected chi connectivity index (χ1v) is 8.97. The van der Waals surface area contributed by atoms with Crippen LogP contribution in [0.3, 0.4) is 0 Å². The Morgan fingerprint density at radius 1 is 0.846 bits per heavy atom. The van der Waals surface area contributed by atoms with Gasteiger partial charge < -0.3 is 15.2 Å². The lowest BCUT2D eigenvalue weighted by Gasteiger charge is -2.28. The van der Waals surface area contributed by atoms with Gasteiger partial charge in [-0.15, -0.1) is 0 Å². The second kappa shape index (κ2) is 9.39. The summed E-state index contributed by atoms with van der Waals surface area (Å²) in [6.07, 6.45) is -0.406. The van der Waals surface area contributed by atoms with Crippen LogP contribution in [0.4, 0.5) is 5.69 Å². The predicted molar refractivity (Wildman–Crippen MR) is 106 cm³/mol. The Balaban J connectivity index is 1.80. The van der Waals surface area contributed by atoms with Crippen LogP contribution in [0.2, 0.25) is 5.02 Å². The van der Waals surface area contributed by atoms with E-state index in [-0.39, 0.29) is 12.6 Å². The zero-order chi connectivity index (χ0) is 18.2. The summed E-state index contributed by atoms with van der Waals surface area (Å²) >= 11 is 6.03. The van der Waals surface area contributed by atoms with Crippen molar-refractivity contribution in [3.05, 3.63) is 101 Å². The number of ether oxygens (including phenoxy) is 1. The molecule has 0 saturated heterocycles. The van der Waals surface area contributed by atoms with Crippen LogP contribution in [0.1, 0.15) is 17.2 Å². The van der Waals surface area contributed by atoms with E-state index < -0.39 is 6.10 Å². The van der Waals surface area contributed by atoms with Gasteiger partial charge >= 0.3 is 0 Å². The van der Waals surface area contributed by atoms with Crippen LogP contribution < -0.4 is 5.32 Å². The van der Waals surface area contributed by atoms with Crippen LogP contribution in [0, 0.1) is 0 Å². The van der Waals surface area contributed by atoms with Gasteiger partial charge in [0.1, 0.15) is 6.10 Å². The number of rotatable bonds is 8. The van der Waals surface area contributed by atoms with Crippen LogP contribution in [0.5, 0.6) is 0 Å². The van der Waals surface area contributed by atoms with E-state index in [2.05, 4.69) is 5.32 Å². The maximum atomic E-state index is 9.98. The molecule has 3 rings (SSSR count). The van der Waals surface area contributed by atoms with E-state index in [1.165, 1.54) is 0 Å². The first-order valence-electron chi connectivity index (χ1n) is 8.59. The van der Waals surface area contributed by atoms with Gasteiger partial charge in [0, 0.05) is 10.7 Å². The average Bonchev–Trinajstić information content (AvgIpc) is 2.70. The molecule has 0 spiro atoms. The van der Waals surface area contributed by atoms with Gasteiger partial charge in [-0.25, -0.2) is 0 Å². The summed E-state index contributed by atoms with van der Waals surface area (Å²) in [5.41, 5.74) is 3.04. The van der Waals surface area contributed by atoms with Crippen molar-refractivity contribution in [3.8, 4) is 0 Å². The van der Waals surface area contributed by atoms with Crippen LogP contribution in [-0.4, -0.2) is 17.8 Å². The molecule has 4 heteroatoms. The van der Waals surface area contributed by atoms with E-state index in [0.717, 1.165) is 16.8 Å². The number of hydrogen-bond donors (Lipinski definition) is 2. The summed E-state index contributed by atoms with van der Waals surface area (Å²) in [5, 5.41) is 14.1. The van der Waals surface area contributed by atoms with Crippen molar-refractivity contribution < 1.29 is 9.84 Å². The third-order valence-corrected chi connectivity index (χ3v) is 4.44. The zero-order valence-corrected chi connectivity index (χ0v) is 15.1. The van der Waals surface area contributed by atoms with Crippen molar-refractivity contribution in [2.75, 3.05) is 11.9 Å². The topological polar surface area (TPSA) is 41.5 Å². The van der Waals surface area contributed by atoms with Crippen LogP contribution in [0.15, 0.2) is 84.9 Å². The molecule has 0 bridgehead atoms. The quantitative estimate of drug-likeness (QED) is 0.584. The van der Waals surface area contributed by atoms with Crippen molar-refractivity contribution in [2.45, 2.75) is 18.8 Å². The van der Waals surface area contributed by atoms with E-state index in [0.29, 0.717) is 11.6 Å². The number of aliphatic hydroxyl groups is 1. The minimum atomic E-state index is -0.406. The van der Waals surface area contributed by atoms with Gasteiger partial charge in [0.25, 0.3) is 0 Å². The fourth-order valence-corrected chi connectivity index (χ4v) is 2.93. The second-order valence-corrected chi connectivity index (χ2v) is 6.49. The Hall–Kier alpha value is -2.33. The molecule has 0 aliphatic heterocycles. The van der Waals surface area contributed by atoms with E-state index in [1.54, 1.807) is 0 Å². The molecule has 26 heavy (non-hydrogen) atoms. The molecule has 0 unspecified atom stereocenters. The second-order valence-electron chi connectivity index (χ2n) is 6.06. The summed E-state index contributed by atoms with van der Waals surface area (Å²) in [6, 6.07) is 27.3. The maximum absolute atomic E-state index is 9.98. The van der Waals surface area contributed by atoms with E-state index in [1.807, 2.05) is 84.9 Å². The smallest absolute Gasteiger partial charge is 0.105 e. The fourth-order valence-electron chi connectivity index (χ4n) is 2.81. The number of hydrogen-bond acceptors (Lipinski definition) is 3. The van der Waals surface area contributed by atoms with E-state index >= 15 is 0 Å². The monoisotopic (exact) mass is 367 g/mol. The number of aliphatic hydroxyl groups excluding tert-OH is 1. The molecular weight excluding hydrogens is 346 g/mol. The molecule has 2 N–H and O–H groups in total. The predicted octanol–water partition coefficient (Wildman–Crippen LogP) is 5.07. The Morgan fingerprint density at radius 3 is 2.08 bits per heavy atom.